The summed E-state index contributed by atoms with van der Waals surface area (Å²) < 4.78 is 25.8. The predicted molar refractivity (Wildman–Crippen MR) is 68.5 cm³/mol. The molecular formula is C13H10F2N2OS. The minimum absolute atomic E-state index is 0.0780. The summed E-state index contributed by atoms with van der Waals surface area (Å²) in [5.74, 6) is -2.48. The van der Waals surface area contributed by atoms with E-state index in [1.807, 2.05) is 0 Å². The normalized spacial score (nSPS) is 13.4. The zero-order valence-electron chi connectivity index (χ0n) is 9.87. The Morgan fingerprint density at radius 1 is 1.26 bits per heavy atom. The Hall–Kier alpha value is -1.82. The van der Waals surface area contributed by atoms with Crippen LogP contribution in [-0.2, 0) is 12.8 Å². The molecule has 19 heavy (non-hydrogen) atoms. The molecule has 0 radical (unpaired) electrons. The van der Waals surface area contributed by atoms with Crippen LogP contribution in [0.15, 0.2) is 18.2 Å². The van der Waals surface area contributed by atoms with Gasteiger partial charge >= 0.3 is 0 Å². The lowest BCUT2D eigenvalue weighted by molar-refractivity contribution is 0.102. The first kappa shape index (κ1) is 12.2. The van der Waals surface area contributed by atoms with E-state index in [4.69, 9.17) is 0 Å². The average molecular weight is 280 g/mol. The van der Waals surface area contributed by atoms with Gasteiger partial charge < -0.3 is 0 Å². The molecule has 3 rings (SSSR count). The third-order valence-corrected chi connectivity index (χ3v) is 4.07. The predicted octanol–water partition coefficient (Wildman–Crippen LogP) is 3.16. The number of halogens is 2. The number of carbonyl (C=O) groups excluding carboxylic acids is 1. The lowest BCUT2D eigenvalue weighted by Gasteiger charge is -2.02. The van der Waals surface area contributed by atoms with Gasteiger partial charge in [0.2, 0.25) is 0 Å². The van der Waals surface area contributed by atoms with E-state index in [1.54, 1.807) is 0 Å². The van der Waals surface area contributed by atoms with Crippen molar-refractivity contribution in [1.82, 2.24) is 4.98 Å². The van der Waals surface area contributed by atoms with Crippen molar-refractivity contribution in [1.29, 1.82) is 0 Å². The van der Waals surface area contributed by atoms with Gasteiger partial charge in [-0.3, -0.25) is 10.1 Å². The first-order valence-corrected chi connectivity index (χ1v) is 6.70. The largest absolute Gasteiger partial charge is 0.298 e. The molecule has 0 saturated heterocycles. The number of fused-ring (bicyclic) bond motifs is 1. The van der Waals surface area contributed by atoms with Crippen molar-refractivity contribution in [3.63, 3.8) is 0 Å². The molecular weight excluding hydrogens is 270 g/mol. The number of anilines is 1. The van der Waals surface area contributed by atoms with Crippen LogP contribution in [0.5, 0.6) is 0 Å². The Morgan fingerprint density at radius 3 is 2.84 bits per heavy atom. The number of carbonyl (C=O) groups is 1. The summed E-state index contributed by atoms with van der Waals surface area (Å²) in [4.78, 5) is 17.4. The fraction of sp³-hybridized carbons (Fsp3) is 0.231. The highest BCUT2D eigenvalue weighted by molar-refractivity contribution is 7.15. The second-order valence-electron chi connectivity index (χ2n) is 4.33. The molecule has 1 N–H and O–H groups in total. The number of benzene rings is 1. The van der Waals surface area contributed by atoms with Gasteiger partial charge in [-0.1, -0.05) is 0 Å². The fourth-order valence-electron chi connectivity index (χ4n) is 2.05. The van der Waals surface area contributed by atoms with Gasteiger partial charge in [0.05, 0.1) is 5.69 Å². The molecule has 3 nitrogen and oxygen atoms in total. The minimum Gasteiger partial charge on any atom is -0.298 e. The number of rotatable bonds is 2. The standard InChI is InChI=1S/C13H10F2N2OS/c14-8-5-4-7(6-9(8)15)12(18)17-13-16-10-2-1-3-11(10)19-13/h4-6H,1-3H2,(H,16,17,18). The topological polar surface area (TPSA) is 42.0 Å². The summed E-state index contributed by atoms with van der Waals surface area (Å²) in [6.45, 7) is 0. The van der Waals surface area contributed by atoms with Crippen LogP contribution in [0.3, 0.4) is 0 Å². The molecule has 0 atom stereocenters. The van der Waals surface area contributed by atoms with E-state index in [0.717, 1.165) is 37.1 Å². The Morgan fingerprint density at radius 2 is 2.11 bits per heavy atom. The maximum absolute atomic E-state index is 13.0. The fourth-order valence-corrected chi connectivity index (χ4v) is 3.10. The number of thiazole rings is 1. The van der Waals surface area contributed by atoms with Crippen LogP contribution < -0.4 is 5.32 Å². The zero-order valence-corrected chi connectivity index (χ0v) is 10.7. The maximum Gasteiger partial charge on any atom is 0.257 e. The summed E-state index contributed by atoms with van der Waals surface area (Å²) in [6.07, 6.45) is 3.03. The molecule has 1 aromatic carbocycles. The summed E-state index contributed by atoms with van der Waals surface area (Å²) >= 11 is 1.44. The van der Waals surface area contributed by atoms with Gasteiger partial charge in [0.15, 0.2) is 16.8 Å². The molecule has 2 aromatic rings. The average Bonchev–Trinajstić information content (AvgIpc) is 2.93. The lowest BCUT2D eigenvalue weighted by Crippen LogP contribution is -2.12. The first-order chi connectivity index (χ1) is 9.13. The summed E-state index contributed by atoms with van der Waals surface area (Å²) in [5.41, 5.74) is 1.11. The van der Waals surface area contributed by atoms with Gasteiger partial charge in [0.25, 0.3) is 5.91 Å². The van der Waals surface area contributed by atoms with Crippen molar-refractivity contribution in [2.45, 2.75) is 19.3 Å². The molecule has 0 fully saturated rings. The molecule has 1 heterocycles. The highest BCUT2D eigenvalue weighted by Gasteiger charge is 2.18. The molecule has 0 bridgehead atoms. The van der Waals surface area contributed by atoms with Crippen molar-refractivity contribution in [2.75, 3.05) is 5.32 Å². The van der Waals surface area contributed by atoms with Crippen molar-refractivity contribution in [3.8, 4) is 0 Å². The van der Waals surface area contributed by atoms with Gasteiger partial charge in [-0.15, -0.1) is 11.3 Å². The molecule has 1 aliphatic carbocycles. The molecule has 1 aromatic heterocycles. The van der Waals surface area contributed by atoms with E-state index in [0.29, 0.717) is 5.13 Å². The van der Waals surface area contributed by atoms with Gasteiger partial charge in [-0.25, -0.2) is 13.8 Å². The SMILES string of the molecule is O=C(Nc1nc2c(s1)CCC2)c1ccc(F)c(F)c1. The monoisotopic (exact) mass is 280 g/mol. The third kappa shape index (κ3) is 2.35. The highest BCUT2D eigenvalue weighted by Crippen LogP contribution is 2.30. The molecule has 0 aliphatic heterocycles. The highest BCUT2D eigenvalue weighted by atomic mass is 32.1. The number of nitrogens with one attached hydrogen (secondary N) is 1. The zero-order chi connectivity index (χ0) is 13.4. The second-order valence-corrected chi connectivity index (χ2v) is 5.41. The minimum atomic E-state index is -1.03. The second kappa shape index (κ2) is 4.70. The number of hydrogen-bond acceptors (Lipinski definition) is 3. The third-order valence-electron chi connectivity index (χ3n) is 3.00. The van der Waals surface area contributed by atoms with E-state index in [2.05, 4.69) is 10.3 Å². The number of amides is 1. The summed E-state index contributed by atoms with van der Waals surface area (Å²) in [5, 5.41) is 3.13. The quantitative estimate of drug-likeness (QED) is 0.918. The Bertz CT molecular complexity index is 633. The number of aryl methyl sites for hydroxylation is 2. The van der Waals surface area contributed by atoms with Gasteiger partial charge in [-0.2, -0.15) is 0 Å². The number of hydrogen-bond donors (Lipinski definition) is 1. The molecule has 1 amide bonds. The number of nitrogens with zero attached hydrogens (tertiary/aromatic N) is 1. The van der Waals surface area contributed by atoms with Crippen LogP contribution in [-0.4, -0.2) is 10.9 Å². The lowest BCUT2D eigenvalue weighted by atomic mass is 10.2. The van der Waals surface area contributed by atoms with E-state index in [9.17, 15) is 13.6 Å². The Kier molecular flexibility index (Phi) is 3.02. The molecule has 0 unspecified atom stereocenters. The van der Waals surface area contributed by atoms with Crippen LogP contribution >= 0.6 is 11.3 Å². The van der Waals surface area contributed by atoms with Gasteiger partial charge in [-0.05, 0) is 37.5 Å². The van der Waals surface area contributed by atoms with Crippen LogP contribution in [0.25, 0.3) is 0 Å². The van der Waals surface area contributed by atoms with E-state index in [1.165, 1.54) is 22.3 Å². The van der Waals surface area contributed by atoms with E-state index in [-0.39, 0.29) is 5.56 Å². The van der Waals surface area contributed by atoms with Crippen molar-refractivity contribution < 1.29 is 13.6 Å². The molecule has 6 heteroatoms. The molecule has 0 saturated carbocycles. The maximum atomic E-state index is 13.0. The Balaban J connectivity index is 1.78. The summed E-state index contributed by atoms with van der Waals surface area (Å²) in [7, 11) is 0. The molecule has 1 aliphatic rings. The number of aromatic nitrogens is 1. The Labute approximate surface area is 112 Å². The molecule has 98 valence electrons. The smallest absolute Gasteiger partial charge is 0.257 e. The summed E-state index contributed by atoms with van der Waals surface area (Å²) in [6, 6.07) is 3.06. The molecule has 0 spiro atoms. The van der Waals surface area contributed by atoms with Crippen LogP contribution in [0.4, 0.5) is 13.9 Å². The van der Waals surface area contributed by atoms with Gasteiger partial charge in [0.1, 0.15) is 0 Å². The van der Waals surface area contributed by atoms with Crippen LogP contribution in [0.1, 0.15) is 27.3 Å². The van der Waals surface area contributed by atoms with Crippen molar-refractivity contribution >= 4 is 22.4 Å². The van der Waals surface area contributed by atoms with Crippen molar-refractivity contribution in [3.05, 3.63) is 46.0 Å². The van der Waals surface area contributed by atoms with E-state index < -0.39 is 17.5 Å². The van der Waals surface area contributed by atoms with Gasteiger partial charge in [0, 0.05) is 10.4 Å². The van der Waals surface area contributed by atoms with E-state index >= 15 is 0 Å². The van der Waals surface area contributed by atoms with Crippen molar-refractivity contribution in [2.24, 2.45) is 0 Å². The van der Waals surface area contributed by atoms with Crippen LogP contribution in [0.2, 0.25) is 0 Å². The first-order valence-electron chi connectivity index (χ1n) is 5.88. The van der Waals surface area contributed by atoms with Crippen LogP contribution in [0, 0.1) is 11.6 Å².